The maximum atomic E-state index is 11.2. The first-order chi connectivity index (χ1) is 9.09. The van der Waals surface area contributed by atoms with Crippen molar-refractivity contribution in [1.29, 1.82) is 0 Å². The van der Waals surface area contributed by atoms with Crippen LogP contribution in [-0.2, 0) is 4.79 Å². The molecule has 1 aromatic carbocycles. The molecule has 2 atom stereocenters. The molecule has 19 heavy (non-hydrogen) atoms. The van der Waals surface area contributed by atoms with Crippen LogP contribution in [0.4, 0.5) is 0 Å². The van der Waals surface area contributed by atoms with E-state index in [2.05, 4.69) is 0 Å². The SMILES string of the molecule is C[C@H](O)[C@H](C(=O)O)c1ccc(C2CCCCC2)cc1. The van der Waals surface area contributed by atoms with Gasteiger partial charge in [-0.3, -0.25) is 4.79 Å². The minimum absolute atomic E-state index is 0.623. The molecular weight excluding hydrogens is 240 g/mol. The van der Waals surface area contributed by atoms with Crippen LogP contribution < -0.4 is 0 Å². The summed E-state index contributed by atoms with van der Waals surface area (Å²) in [6, 6.07) is 7.78. The summed E-state index contributed by atoms with van der Waals surface area (Å²) in [7, 11) is 0. The second-order valence-electron chi connectivity index (χ2n) is 5.56. The number of carboxylic acids is 1. The van der Waals surface area contributed by atoms with Crippen molar-refractivity contribution in [2.24, 2.45) is 0 Å². The summed E-state index contributed by atoms with van der Waals surface area (Å²) in [5.41, 5.74) is 1.99. The minimum atomic E-state index is -0.972. The standard InChI is InChI=1S/C16H22O3/c1-11(17)15(16(18)19)14-9-7-13(8-10-14)12-5-3-2-4-6-12/h7-12,15,17H,2-6H2,1H3,(H,18,19)/t11-,15-/m0/s1. The lowest BCUT2D eigenvalue weighted by Gasteiger charge is -2.23. The zero-order valence-corrected chi connectivity index (χ0v) is 11.4. The van der Waals surface area contributed by atoms with Crippen LogP contribution in [0.15, 0.2) is 24.3 Å². The van der Waals surface area contributed by atoms with E-state index in [1.807, 2.05) is 24.3 Å². The molecule has 0 aromatic heterocycles. The summed E-state index contributed by atoms with van der Waals surface area (Å²) in [5.74, 6) is -1.18. The normalized spacial score (nSPS) is 19.9. The summed E-state index contributed by atoms with van der Waals surface area (Å²) in [6.07, 6.45) is 5.50. The van der Waals surface area contributed by atoms with Crippen molar-refractivity contribution in [1.82, 2.24) is 0 Å². The molecule has 3 heteroatoms. The van der Waals surface area contributed by atoms with Crippen molar-refractivity contribution in [3.05, 3.63) is 35.4 Å². The molecule has 0 aliphatic heterocycles. The summed E-state index contributed by atoms with van der Waals surface area (Å²) < 4.78 is 0. The fraction of sp³-hybridized carbons (Fsp3) is 0.562. The van der Waals surface area contributed by atoms with Crippen LogP contribution in [0, 0.1) is 0 Å². The molecule has 0 radical (unpaired) electrons. The van der Waals surface area contributed by atoms with E-state index in [-0.39, 0.29) is 0 Å². The quantitative estimate of drug-likeness (QED) is 0.875. The monoisotopic (exact) mass is 262 g/mol. The zero-order chi connectivity index (χ0) is 13.8. The maximum Gasteiger partial charge on any atom is 0.313 e. The third kappa shape index (κ3) is 3.35. The van der Waals surface area contributed by atoms with Gasteiger partial charge in [0.2, 0.25) is 0 Å². The molecule has 1 aliphatic rings. The van der Waals surface area contributed by atoms with Crippen LogP contribution in [0.5, 0.6) is 0 Å². The summed E-state index contributed by atoms with van der Waals surface area (Å²) in [6.45, 7) is 1.52. The Morgan fingerprint density at radius 3 is 2.21 bits per heavy atom. The molecule has 1 saturated carbocycles. The molecule has 3 nitrogen and oxygen atoms in total. The number of carbonyl (C=O) groups is 1. The highest BCUT2D eigenvalue weighted by atomic mass is 16.4. The Hall–Kier alpha value is -1.35. The van der Waals surface area contributed by atoms with Crippen molar-refractivity contribution in [2.75, 3.05) is 0 Å². The predicted octanol–water partition coefficient (Wildman–Crippen LogP) is 3.28. The van der Waals surface area contributed by atoms with Gasteiger partial charge in [0.1, 0.15) is 5.92 Å². The zero-order valence-electron chi connectivity index (χ0n) is 11.4. The van der Waals surface area contributed by atoms with Gasteiger partial charge < -0.3 is 10.2 Å². The number of aliphatic carboxylic acids is 1. The highest BCUT2D eigenvalue weighted by molar-refractivity contribution is 5.76. The molecule has 0 saturated heterocycles. The summed E-state index contributed by atoms with van der Waals surface area (Å²) in [5, 5.41) is 18.7. The van der Waals surface area contributed by atoms with Gasteiger partial charge in [-0.15, -0.1) is 0 Å². The molecule has 1 fully saturated rings. The number of hydrogen-bond donors (Lipinski definition) is 2. The molecular formula is C16H22O3. The molecule has 2 N–H and O–H groups in total. The lowest BCUT2D eigenvalue weighted by atomic mass is 9.83. The van der Waals surface area contributed by atoms with E-state index in [1.54, 1.807) is 0 Å². The molecule has 1 aliphatic carbocycles. The third-order valence-electron chi connectivity index (χ3n) is 4.12. The first-order valence-electron chi connectivity index (χ1n) is 7.10. The number of benzene rings is 1. The largest absolute Gasteiger partial charge is 0.481 e. The van der Waals surface area contributed by atoms with Crippen molar-refractivity contribution in [3.63, 3.8) is 0 Å². The van der Waals surface area contributed by atoms with Gasteiger partial charge in [-0.1, -0.05) is 43.5 Å². The first-order valence-corrected chi connectivity index (χ1v) is 7.10. The second kappa shape index (κ2) is 6.20. The fourth-order valence-corrected chi connectivity index (χ4v) is 3.04. The Morgan fingerprint density at radius 2 is 1.74 bits per heavy atom. The molecule has 2 rings (SSSR count). The smallest absolute Gasteiger partial charge is 0.313 e. The fourth-order valence-electron chi connectivity index (χ4n) is 3.04. The van der Waals surface area contributed by atoms with E-state index in [9.17, 15) is 9.90 Å². The Labute approximate surface area is 114 Å². The lowest BCUT2D eigenvalue weighted by Crippen LogP contribution is -2.23. The highest BCUT2D eigenvalue weighted by Gasteiger charge is 2.25. The van der Waals surface area contributed by atoms with Crippen LogP contribution >= 0.6 is 0 Å². The van der Waals surface area contributed by atoms with Gasteiger partial charge in [-0.05, 0) is 36.8 Å². The average Bonchev–Trinajstić information content (AvgIpc) is 2.40. The van der Waals surface area contributed by atoms with Gasteiger partial charge >= 0.3 is 5.97 Å². The molecule has 0 amide bonds. The van der Waals surface area contributed by atoms with Crippen LogP contribution in [-0.4, -0.2) is 22.3 Å². The molecule has 0 heterocycles. The van der Waals surface area contributed by atoms with Crippen LogP contribution in [0.1, 0.15) is 62.0 Å². The van der Waals surface area contributed by atoms with E-state index in [0.717, 1.165) is 0 Å². The third-order valence-corrected chi connectivity index (χ3v) is 4.12. The molecule has 104 valence electrons. The van der Waals surface area contributed by atoms with E-state index < -0.39 is 18.0 Å². The van der Waals surface area contributed by atoms with Crippen molar-refractivity contribution in [3.8, 4) is 0 Å². The van der Waals surface area contributed by atoms with Crippen LogP contribution in [0.2, 0.25) is 0 Å². The number of aliphatic hydroxyl groups excluding tert-OH is 1. The van der Waals surface area contributed by atoms with Gasteiger partial charge in [0.05, 0.1) is 6.10 Å². The van der Waals surface area contributed by atoms with E-state index in [0.29, 0.717) is 11.5 Å². The second-order valence-corrected chi connectivity index (χ2v) is 5.56. The van der Waals surface area contributed by atoms with Crippen molar-refractivity contribution < 1.29 is 15.0 Å². The Balaban J connectivity index is 2.14. The van der Waals surface area contributed by atoms with Gasteiger partial charge in [-0.2, -0.15) is 0 Å². The number of carboxylic acid groups (broad SMARTS) is 1. The van der Waals surface area contributed by atoms with Gasteiger partial charge in [0, 0.05) is 0 Å². The number of aliphatic hydroxyl groups is 1. The van der Waals surface area contributed by atoms with E-state index >= 15 is 0 Å². The van der Waals surface area contributed by atoms with E-state index in [1.165, 1.54) is 44.6 Å². The summed E-state index contributed by atoms with van der Waals surface area (Å²) >= 11 is 0. The molecule has 1 aromatic rings. The van der Waals surface area contributed by atoms with Gasteiger partial charge in [0.25, 0.3) is 0 Å². The van der Waals surface area contributed by atoms with Gasteiger partial charge in [-0.25, -0.2) is 0 Å². The number of rotatable bonds is 4. The Kier molecular flexibility index (Phi) is 4.59. The summed E-state index contributed by atoms with van der Waals surface area (Å²) in [4.78, 5) is 11.2. The minimum Gasteiger partial charge on any atom is -0.481 e. The molecule has 0 unspecified atom stereocenters. The predicted molar refractivity (Wildman–Crippen MR) is 74.3 cm³/mol. The lowest BCUT2D eigenvalue weighted by molar-refractivity contribution is -0.141. The van der Waals surface area contributed by atoms with E-state index in [4.69, 9.17) is 5.11 Å². The van der Waals surface area contributed by atoms with Gasteiger partial charge in [0.15, 0.2) is 0 Å². The van der Waals surface area contributed by atoms with Crippen LogP contribution in [0.25, 0.3) is 0 Å². The highest BCUT2D eigenvalue weighted by Crippen LogP contribution is 2.33. The molecule has 0 spiro atoms. The number of hydrogen-bond acceptors (Lipinski definition) is 2. The van der Waals surface area contributed by atoms with Crippen molar-refractivity contribution >= 4 is 5.97 Å². The Bertz CT molecular complexity index is 416. The topological polar surface area (TPSA) is 57.5 Å². The van der Waals surface area contributed by atoms with Crippen molar-refractivity contribution in [2.45, 2.75) is 57.0 Å². The average molecular weight is 262 g/mol. The Morgan fingerprint density at radius 1 is 1.16 bits per heavy atom. The first kappa shape index (κ1) is 14.1. The maximum absolute atomic E-state index is 11.2. The molecule has 0 bridgehead atoms. The van der Waals surface area contributed by atoms with Crippen LogP contribution in [0.3, 0.4) is 0 Å².